The standard InChI is InChI=1S/C13H21N3O2/c1-9-10(2)16-18-12(9)15-11(17)8-13(14)6-4-3-5-7-13/h3-8,14H2,1-2H3,(H,15,17). The fourth-order valence-corrected chi connectivity index (χ4v) is 2.46. The number of hydrogen-bond donors (Lipinski definition) is 2. The molecule has 0 atom stereocenters. The van der Waals surface area contributed by atoms with E-state index in [0.29, 0.717) is 12.3 Å². The highest BCUT2D eigenvalue weighted by Gasteiger charge is 2.30. The van der Waals surface area contributed by atoms with Crippen molar-refractivity contribution in [1.29, 1.82) is 0 Å². The van der Waals surface area contributed by atoms with Crippen LogP contribution in [0.3, 0.4) is 0 Å². The highest BCUT2D eigenvalue weighted by atomic mass is 16.5. The molecule has 5 heteroatoms. The molecule has 3 N–H and O–H groups in total. The molecule has 1 amide bonds. The summed E-state index contributed by atoms with van der Waals surface area (Å²) in [4.78, 5) is 12.0. The molecule has 1 aromatic heterocycles. The van der Waals surface area contributed by atoms with Crippen LogP contribution in [0.2, 0.25) is 0 Å². The lowest BCUT2D eigenvalue weighted by Crippen LogP contribution is -2.44. The first-order chi connectivity index (χ1) is 8.50. The molecule has 1 saturated carbocycles. The maximum Gasteiger partial charge on any atom is 0.234 e. The van der Waals surface area contributed by atoms with E-state index in [4.69, 9.17) is 10.3 Å². The molecule has 1 aliphatic carbocycles. The highest BCUT2D eigenvalue weighted by molar-refractivity contribution is 5.90. The number of nitrogens with two attached hydrogens (primary N) is 1. The quantitative estimate of drug-likeness (QED) is 0.863. The van der Waals surface area contributed by atoms with Crippen molar-refractivity contribution in [1.82, 2.24) is 5.16 Å². The number of amides is 1. The molecule has 0 bridgehead atoms. The predicted octanol–water partition coefficient (Wildman–Crippen LogP) is 2.28. The van der Waals surface area contributed by atoms with Crippen molar-refractivity contribution in [3.05, 3.63) is 11.3 Å². The lowest BCUT2D eigenvalue weighted by Gasteiger charge is -2.32. The molecular formula is C13H21N3O2. The number of nitrogens with zero attached hydrogens (tertiary/aromatic N) is 1. The van der Waals surface area contributed by atoms with E-state index in [2.05, 4.69) is 10.5 Å². The molecule has 1 fully saturated rings. The average molecular weight is 251 g/mol. The zero-order valence-corrected chi connectivity index (χ0v) is 11.1. The third-order valence-electron chi connectivity index (χ3n) is 3.77. The Morgan fingerprint density at radius 2 is 2.06 bits per heavy atom. The Labute approximate surface area is 107 Å². The molecular weight excluding hydrogens is 230 g/mol. The summed E-state index contributed by atoms with van der Waals surface area (Å²) in [5, 5.41) is 6.57. The van der Waals surface area contributed by atoms with Gasteiger partial charge >= 0.3 is 0 Å². The smallest absolute Gasteiger partial charge is 0.234 e. The molecule has 18 heavy (non-hydrogen) atoms. The molecule has 5 nitrogen and oxygen atoms in total. The lowest BCUT2D eigenvalue weighted by molar-refractivity contribution is -0.117. The second kappa shape index (κ2) is 5.10. The number of rotatable bonds is 3. The summed E-state index contributed by atoms with van der Waals surface area (Å²) in [7, 11) is 0. The van der Waals surface area contributed by atoms with Gasteiger partial charge in [0.1, 0.15) is 0 Å². The van der Waals surface area contributed by atoms with E-state index in [1.807, 2.05) is 13.8 Å². The summed E-state index contributed by atoms with van der Waals surface area (Å²) in [6.45, 7) is 3.72. The summed E-state index contributed by atoms with van der Waals surface area (Å²) in [5.74, 6) is 0.357. The molecule has 0 aromatic carbocycles. The number of carbonyl (C=O) groups is 1. The number of aryl methyl sites for hydroxylation is 1. The van der Waals surface area contributed by atoms with E-state index in [-0.39, 0.29) is 11.4 Å². The molecule has 0 radical (unpaired) electrons. The Kier molecular flexibility index (Phi) is 3.71. The van der Waals surface area contributed by atoms with Gasteiger partial charge in [-0.15, -0.1) is 0 Å². The van der Waals surface area contributed by atoms with E-state index in [1.54, 1.807) is 0 Å². The van der Waals surface area contributed by atoms with Gasteiger partial charge in [-0.05, 0) is 26.7 Å². The van der Waals surface area contributed by atoms with E-state index < -0.39 is 0 Å². The second-order valence-corrected chi connectivity index (χ2v) is 5.37. The van der Waals surface area contributed by atoms with Crippen molar-refractivity contribution < 1.29 is 9.32 Å². The van der Waals surface area contributed by atoms with Crippen LogP contribution in [0.25, 0.3) is 0 Å². The van der Waals surface area contributed by atoms with Gasteiger partial charge < -0.3 is 10.3 Å². The lowest BCUT2D eigenvalue weighted by atomic mass is 9.80. The van der Waals surface area contributed by atoms with Crippen LogP contribution in [0.5, 0.6) is 0 Å². The van der Waals surface area contributed by atoms with Gasteiger partial charge in [0.15, 0.2) is 0 Å². The SMILES string of the molecule is Cc1noc(NC(=O)CC2(N)CCCCC2)c1C. The molecule has 1 aliphatic rings. The van der Waals surface area contributed by atoms with Gasteiger partial charge in [-0.1, -0.05) is 24.4 Å². The summed E-state index contributed by atoms with van der Waals surface area (Å²) < 4.78 is 5.07. The van der Waals surface area contributed by atoms with Crippen LogP contribution in [0.1, 0.15) is 49.8 Å². The van der Waals surface area contributed by atoms with Gasteiger partial charge in [0.2, 0.25) is 11.8 Å². The molecule has 1 aromatic rings. The maximum atomic E-state index is 12.0. The third kappa shape index (κ3) is 2.90. The van der Waals surface area contributed by atoms with Crippen molar-refractivity contribution in [3.8, 4) is 0 Å². The van der Waals surface area contributed by atoms with Gasteiger partial charge in [-0.2, -0.15) is 0 Å². The first-order valence-electron chi connectivity index (χ1n) is 6.52. The molecule has 0 spiro atoms. The minimum atomic E-state index is -0.342. The molecule has 100 valence electrons. The van der Waals surface area contributed by atoms with Crippen molar-refractivity contribution in [2.24, 2.45) is 5.73 Å². The topological polar surface area (TPSA) is 81.2 Å². The Morgan fingerprint density at radius 3 is 2.61 bits per heavy atom. The molecule has 0 aliphatic heterocycles. The van der Waals surface area contributed by atoms with Gasteiger partial charge in [-0.25, -0.2) is 0 Å². The fourth-order valence-electron chi connectivity index (χ4n) is 2.46. The Bertz CT molecular complexity index is 433. The average Bonchev–Trinajstić information content (AvgIpc) is 2.61. The number of aromatic nitrogens is 1. The summed E-state index contributed by atoms with van der Waals surface area (Å²) in [6.07, 6.45) is 5.66. The van der Waals surface area contributed by atoms with Crippen LogP contribution in [0.15, 0.2) is 4.52 Å². The van der Waals surface area contributed by atoms with E-state index >= 15 is 0 Å². The van der Waals surface area contributed by atoms with Crippen LogP contribution in [-0.4, -0.2) is 16.6 Å². The summed E-state index contributed by atoms with van der Waals surface area (Å²) in [6, 6.07) is 0. The van der Waals surface area contributed by atoms with Gasteiger partial charge in [0.05, 0.1) is 5.69 Å². The number of nitrogens with one attached hydrogen (secondary N) is 1. The summed E-state index contributed by atoms with van der Waals surface area (Å²) >= 11 is 0. The van der Waals surface area contributed by atoms with Crippen LogP contribution >= 0.6 is 0 Å². The van der Waals surface area contributed by atoms with Crippen molar-refractivity contribution in [2.45, 2.75) is 57.9 Å². The maximum absolute atomic E-state index is 12.0. The minimum Gasteiger partial charge on any atom is -0.338 e. The minimum absolute atomic E-state index is 0.0846. The highest BCUT2D eigenvalue weighted by Crippen LogP contribution is 2.29. The molecule has 2 rings (SSSR count). The zero-order chi connectivity index (χ0) is 13.2. The van der Waals surface area contributed by atoms with Crippen molar-refractivity contribution in [3.63, 3.8) is 0 Å². The van der Waals surface area contributed by atoms with E-state index in [9.17, 15) is 4.79 Å². The van der Waals surface area contributed by atoms with Gasteiger partial charge in [0.25, 0.3) is 0 Å². The van der Waals surface area contributed by atoms with Crippen LogP contribution in [-0.2, 0) is 4.79 Å². The number of hydrogen-bond acceptors (Lipinski definition) is 4. The summed E-state index contributed by atoms with van der Waals surface area (Å²) in [5.41, 5.74) is 7.58. The molecule has 0 saturated heterocycles. The normalized spacial score (nSPS) is 18.6. The first kappa shape index (κ1) is 13.1. The van der Waals surface area contributed by atoms with Crippen LogP contribution in [0, 0.1) is 13.8 Å². The fraction of sp³-hybridized carbons (Fsp3) is 0.692. The number of anilines is 1. The zero-order valence-electron chi connectivity index (χ0n) is 11.1. The molecule has 0 unspecified atom stereocenters. The monoisotopic (exact) mass is 251 g/mol. The Balaban J connectivity index is 1.94. The van der Waals surface area contributed by atoms with Crippen LogP contribution < -0.4 is 11.1 Å². The predicted molar refractivity (Wildman–Crippen MR) is 69.2 cm³/mol. The van der Waals surface area contributed by atoms with Crippen molar-refractivity contribution >= 4 is 11.8 Å². The van der Waals surface area contributed by atoms with E-state index in [0.717, 1.165) is 36.9 Å². The van der Waals surface area contributed by atoms with Gasteiger partial charge in [0, 0.05) is 17.5 Å². The second-order valence-electron chi connectivity index (χ2n) is 5.37. The molecule has 1 heterocycles. The van der Waals surface area contributed by atoms with E-state index in [1.165, 1.54) is 6.42 Å². The Morgan fingerprint density at radius 1 is 1.39 bits per heavy atom. The van der Waals surface area contributed by atoms with Gasteiger partial charge in [-0.3, -0.25) is 10.1 Å². The number of carbonyl (C=O) groups excluding carboxylic acids is 1. The van der Waals surface area contributed by atoms with Crippen LogP contribution in [0.4, 0.5) is 5.88 Å². The largest absolute Gasteiger partial charge is 0.338 e. The third-order valence-corrected chi connectivity index (χ3v) is 3.77. The first-order valence-corrected chi connectivity index (χ1v) is 6.52. The Hall–Kier alpha value is -1.36. The van der Waals surface area contributed by atoms with Crippen molar-refractivity contribution in [2.75, 3.05) is 5.32 Å².